The summed E-state index contributed by atoms with van der Waals surface area (Å²) in [4.78, 5) is 10.1. The zero-order valence-electron chi connectivity index (χ0n) is 9.68. The molecule has 0 saturated carbocycles. The average molecular weight is 326 g/mol. The first-order valence-corrected chi connectivity index (χ1v) is 6.17. The minimum absolute atomic E-state index is 0.0455. The summed E-state index contributed by atoms with van der Waals surface area (Å²) in [5.74, 6) is -0.00879. The van der Waals surface area contributed by atoms with E-state index in [0.29, 0.717) is 15.8 Å². The van der Waals surface area contributed by atoms with Crippen molar-refractivity contribution in [3.05, 3.63) is 68.4 Å². The Morgan fingerprint density at radius 3 is 2.74 bits per heavy atom. The molecule has 6 heteroatoms. The zero-order chi connectivity index (χ0) is 13.8. The summed E-state index contributed by atoms with van der Waals surface area (Å²) in [5.41, 5.74) is 0.585. The van der Waals surface area contributed by atoms with E-state index in [9.17, 15) is 14.5 Å². The number of non-ortho nitro benzene ring substituents is 1. The van der Waals surface area contributed by atoms with Gasteiger partial charge in [0.15, 0.2) is 0 Å². The molecular formula is C13H9BrFNO3. The van der Waals surface area contributed by atoms with E-state index in [0.717, 1.165) is 0 Å². The molecule has 98 valence electrons. The number of hydrogen-bond acceptors (Lipinski definition) is 3. The molecule has 0 N–H and O–H groups in total. The van der Waals surface area contributed by atoms with Gasteiger partial charge in [0.2, 0.25) is 0 Å². The van der Waals surface area contributed by atoms with Gasteiger partial charge in [-0.3, -0.25) is 10.1 Å². The number of ether oxygens (including phenoxy) is 1. The Balaban J connectivity index is 2.12. The van der Waals surface area contributed by atoms with Crippen molar-refractivity contribution in [2.75, 3.05) is 0 Å². The number of nitro groups is 1. The molecule has 0 spiro atoms. The molecule has 0 bridgehead atoms. The first-order chi connectivity index (χ1) is 9.08. The molecular weight excluding hydrogens is 317 g/mol. The van der Waals surface area contributed by atoms with Crippen molar-refractivity contribution >= 4 is 21.6 Å². The Morgan fingerprint density at radius 1 is 1.26 bits per heavy atom. The van der Waals surface area contributed by atoms with Crippen molar-refractivity contribution < 1.29 is 14.1 Å². The van der Waals surface area contributed by atoms with Gasteiger partial charge in [0, 0.05) is 11.6 Å². The largest absolute Gasteiger partial charge is 0.489 e. The summed E-state index contributed by atoms with van der Waals surface area (Å²) in [5, 5.41) is 10.6. The van der Waals surface area contributed by atoms with E-state index in [1.54, 1.807) is 18.2 Å². The lowest BCUT2D eigenvalue weighted by Crippen LogP contribution is -1.98. The van der Waals surface area contributed by atoms with Crippen molar-refractivity contribution in [2.24, 2.45) is 0 Å². The third-order valence-electron chi connectivity index (χ3n) is 2.45. The van der Waals surface area contributed by atoms with Crippen LogP contribution in [0.4, 0.5) is 10.1 Å². The predicted molar refractivity (Wildman–Crippen MR) is 71.5 cm³/mol. The van der Waals surface area contributed by atoms with Crippen molar-refractivity contribution in [1.29, 1.82) is 0 Å². The molecule has 0 heterocycles. The average Bonchev–Trinajstić information content (AvgIpc) is 2.41. The molecule has 2 rings (SSSR count). The molecule has 0 aliphatic carbocycles. The molecule has 4 nitrogen and oxygen atoms in total. The topological polar surface area (TPSA) is 52.4 Å². The van der Waals surface area contributed by atoms with Crippen LogP contribution in [0, 0.1) is 15.9 Å². The second-order valence-corrected chi connectivity index (χ2v) is 4.55. The minimum Gasteiger partial charge on any atom is -0.489 e. The normalized spacial score (nSPS) is 10.2. The molecule has 0 aliphatic heterocycles. The van der Waals surface area contributed by atoms with E-state index in [4.69, 9.17) is 4.74 Å². The zero-order valence-corrected chi connectivity index (χ0v) is 11.3. The number of benzene rings is 2. The summed E-state index contributed by atoms with van der Waals surface area (Å²) >= 11 is 3.13. The maximum atomic E-state index is 13.3. The number of nitro benzene ring substituents is 1. The molecule has 0 aromatic heterocycles. The molecule has 0 unspecified atom stereocenters. The quantitative estimate of drug-likeness (QED) is 0.628. The highest BCUT2D eigenvalue weighted by atomic mass is 79.9. The van der Waals surface area contributed by atoms with E-state index in [1.165, 1.54) is 24.3 Å². The Labute approximate surface area is 117 Å². The van der Waals surface area contributed by atoms with Crippen LogP contribution < -0.4 is 4.74 Å². The molecule has 0 radical (unpaired) electrons. The Kier molecular flexibility index (Phi) is 4.11. The highest BCUT2D eigenvalue weighted by Gasteiger charge is 2.08. The lowest BCUT2D eigenvalue weighted by molar-refractivity contribution is -0.384. The molecule has 0 aliphatic rings. The molecule has 19 heavy (non-hydrogen) atoms. The van der Waals surface area contributed by atoms with E-state index in [1.807, 2.05) is 0 Å². The van der Waals surface area contributed by atoms with Crippen LogP contribution in [-0.2, 0) is 6.61 Å². The van der Waals surface area contributed by atoms with Gasteiger partial charge in [-0.05, 0) is 28.1 Å². The van der Waals surface area contributed by atoms with Crippen LogP contribution in [0.25, 0.3) is 0 Å². The molecule has 0 amide bonds. The smallest absolute Gasteiger partial charge is 0.273 e. The fraction of sp³-hybridized carbons (Fsp3) is 0.0769. The van der Waals surface area contributed by atoms with Gasteiger partial charge in [0.25, 0.3) is 5.69 Å². The summed E-state index contributed by atoms with van der Waals surface area (Å²) in [6.45, 7) is 0.125. The second-order valence-electron chi connectivity index (χ2n) is 3.76. The van der Waals surface area contributed by atoms with Gasteiger partial charge in [0.05, 0.1) is 15.5 Å². The van der Waals surface area contributed by atoms with Crippen molar-refractivity contribution in [3.63, 3.8) is 0 Å². The third-order valence-corrected chi connectivity index (χ3v) is 3.34. The highest BCUT2D eigenvalue weighted by molar-refractivity contribution is 9.10. The van der Waals surface area contributed by atoms with Crippen LogP contribution in [0.5, 0.6) is 5.75 Å². The number of rotatable bonds is 4. The number of hydrogen-bond donors (Lipinski definition) is 0. The van der Waals surface area contributed by atoms with E-state index in [-0.39, 0.29) is 18.1 Å². The summed E-state index contributed by atoms with van der Waals surface area (Å²) < 4.78 is 19.0. The third kappa shape index (κ3) is 3.29. The van der Waals surface area contributed by atoms with Crippen LogP contribution in [0.2, 0.25) is 0 Å². The highest BCUT2D eigenvalue weighted by Crippen LogP contribution is 2.24. The maximum Gasteiger partial charge on any atom is 0.273 e. The van der Waals surface area contributed by atoms with Gasteiger partial charge in [-0.2, -0.15) is 0 Å². The van der Waals surface area contributed by atoms with Gasteiger partial charge in [-0.25, -0.2) is 4.39 Å². The van der Waals surface area contributed by atoms with Gasteiger partial charge in [0.1, 0.15) is 18.2 Å². The molecule has 0 fully saturated rings. The van der Waals surface area contributed by atoms with Crippen molar-refractivity contribution in [2.45, 2.75) is 6.61 Å². The predicted octanol–water partition coefficient (Wildman–Crippen LogP) is 4.08. The molecule has 2 aromatic carbocycles. The van der Waals surface area contributed by atoms with E-state index in [2.05, 4.69) is 15.9 Å². The van der Waals surface area contributed by atoms with Gasteiger partial charge < -0.3 is 4.74 Å². The lowest BCUT2D eigenvalue weighted by Gasteiger charge is -2.08. The molecule has 0 atom stereocenters. The fourth-order valence-electron chi connectivity index (χ4n) is 1.51. The van der Waals surface area contributed by atoms with Gasteiger partial charge in [-0.15, -0.1) is 0 Å². The first-order valence-electron chi connectivity index (χ1n) is 5.38. The van der Waals surface area contributed by atoms with Gasteiger partial charge >= 0.3 is 0 Å². The Morgan fingerprint density at radius 2 is 2.00 bits per heavy atom. The van der Waals surface area contributed by atoms with Gasteiger partial charge in [-0.1, -0.05) is 18.2 Å². The minimum atomic E-state index is -0.495. The molecule has 2 aromatic rings. The molecule has 0 saturated heterocycles. The van der Waals surface area contributed by atoms with E-state index >= 15 is 0 Å². The first kappa shape index (κ1) is 13.5. The van der Waals surface area contributed by atoms with Crippen molar-refractivity contribution in [1.82, 2.24) is 0 Å². The SMILES string of the molecule is O=[N+]([O-])c1cccc(OCc2cccc(F)c2Br)c1. The van der Waals surface area contributed by atoms with Crippen molar-refractivity contribution in [3.8, 4) is 5.75 Å². The number of halogens is 2. The van der Waals surface area contributed by atoms with Crippen LogP contribution >= 0.6 is 15.9 Å². The summed E-state index contributed by atoms with van der Waals surface area (Å²) in [7, 11) is 0. The standard InChI is InChI=1S/C13H9BrFNO3/c14-13-9(3-1-6-12(13)15)8-19-11-5-2-4-10(7-11)16(17)18/h1-7H,8H2. The second kappa shape index (κ2) is 5.79. The van der Waals surface area contributed by atoms with Crippen LogP contribution in [-0.4, -0.2) is 4.92 Å². The maximum absolute atomic E-state index is 13.3. The summed E-state index contributed by atoms with van der Waals surface area (Å²) in [6, 6.07) is 10.5. The van der Waals surface area contributed by atoms with E-state index < -0.39 is 4.92 Å². The monoisotopic (exact) mass is 325 g/mol. The lowest BCUT2D eigenvalue weighted by atomic mass is 10.2. The Bertz CT molecular complexity index is 619. The number of nitrogens with zero attached hydrogens (tertiary/aromatic N) is 1. The van der Waals surface area contributed by atoms with Crippen LogP contribution in [0.15, 0.2) is 46.9 Å². The van der Waals surface area contributed by atoms with Crippen LogP contribution in [0.3, 0.4) is 0 Å². The van der Waals surface area contributed by atoms with Crippen LogP contribution in [0.1, 0.15) is 5.56 Å². The fourth-order valence-corrected chi connectivity index (χ4v) is 1.89. The summed E-state index contributed by atoms with van der Waals surface area (Å²) in [6.07, 6.45) is 0. The Hall–Kier alpha value is -1.95.